The van der Waals surface area contributed by atoms with Gasteiger partial charge in [-0.2, -0.15) is 0 Å². The van der Waals surface area contributed by atoms with Crippen molar-refractivity contribution in [2.75, 3.05) is 11.6 Å². The number of halogens is 2. The zero-order chi connectivity index (χ0) is 24.5. The summed E-state index contributed by atoms with van der Waals surface area (Å²) in [4.78, 5) is 21.9. The van der Waals surface area contributed by atoms with Crippen molar-refractivity contribution in [3.05, 3.63) is 75.5 Å². The number of oxazole rings is 1. The maximum atomic E-state index is 13.9. The molecule has 0 aliphatic heterocycles. The predicted octanol–water partition coefficient (Wildman–Crippen LogP) is 5.13. The number of aromatic nitrogens is 2. The fraction of sp³-hybridized carbons (Fsp3) is 0.136. The van der Waals surface area contributed by atoms with E-state index >= 15 is 0 Å². The van der Waals surface area contributed by atoms with Crippen LogP contribution in [0.5, 0.6) is 5.75 Å². The zero-order valence-corrected chi connectivity index (χ0v) is 20.2. The normalized spacial score (nSPS) is 11.4. The first-order chi connectivity index (χ1) is 16.1. The van der Waals surface area contributed by atoms with Gasteiger partial charge in [0.25, 0.3) is 5.91 Å². The van der Waals surface area contributed by atoms with Gasteiger partial charge in [0.2, 0.25) is 0 Å². The number of nitrogens with zero attached hydrogens (tertiary/aromatic N) is 2. The Bertz CT molecular complexity index is 1470. The number of sulfone groups is 1. The second-order valence-electron chi connectivity index (χ2n) is 7.24. The minimum Gasteiger partial charge on any atom is -0.483 e. The number of thiophene rings is 1. The van der Waals surface area contributed by atoms with Crippen LogP contribution in [-0.4, -0.2) is 30.5 Å². The van der Waals surface area contributed by atoms with Gasteiger partial charge in [-0.05, 0) is 31.2 Å². The largest absolute Gasteiger partial charge is 0.483 e. The number of rotatable bonds is 7. The highest BCUT2D eigenvalue weighted by molar-refractivity contribution is 7.90. The van der Waals surface area contributed by atoms with Gasteiger partial charge in [0.05, 0.1) is 22.2 Å². The van der Waals surface area contributed by atoms with Crippen LogP contribution in [0.3, 0.4) is 0 Å². The van der Waals surface area contributed by atoms with Crippen LogP contribution in [-0.2, 0) is 16.4 Å². The SMILES string of the molecule is Cc1sc(C(=O)Nc2cc(Cl)cc(S(C)(=O)=O)c2)cc1-c1ncc(F)cc1OCc1cnco1. The molecule has 34 heavy (non-hydrogen) atoms. The average Bonchev–Trinajstić information content (AvgIpc) is 3.41. The van der Waals surface area contributed by atoms with E-state index in [1.807, 2.05) is 0 Å². The highest BCUT2D eigenvalue weighted by Gasteiger charge is 2.19. The highest BCUT2D eigenvalue weighted by Crippen LogP contribution is 2.36. The van der Waals surface area contributed by atoms with Gasteiger partial charge >= 0.3 is 0 Å². The highest BCUT2D eigenvalue weighted by atomic mass is 35.5. The topological polar surface area (TPSA) is 111 Å². The Morgan fingerprint density at radius 1 is 1.24 bits per heavy atom. The molecule has 176 valence electrons. The third-order valence-electron chi connectivity index (χ3n) is 4.63. The Labute approximate surface area is 203 Å². The number of hydrogen-bond acceptors (Lipinski definition) is 8. The van der Waals surface area contributed by atoms with Gasteiger partial charge in [-0.1, -0.05) is 11.6 Å². The van der Waals surface area contributed by atoms with Crippen molar-refractivity contribution >= 4 is 44.4 Å². The summed E-state index contributed by atoms with van der Waals surface area (Å²) in [6, 6.07) is 6.90. The molecule has 1 amide bonds. The summed E-state index contributed by atoms with van der Waals surface area (Å²) in [6.07, 6.45) is 4.86. The van der Waals surface area contributed by atoms with Crippen molar-refractivity contribution < 1.29 is 26.8 Å². The fourth-order valence-electron chi connectivity index (χ4n) is 3.07. The molecule has 0 unspecified atom stereocenters. The molecule has 12 heteroatoms. The maximum Gasteiger partial charge on any atom is 0.265 e. The number of hydrogen-bond donors (Lipinski definition) is 1. The van der Waals surface area contributed by atoms with E-state index in [4.69, 9.17) is 20.8 Å². The molecular formula is C22H17ClFN3O5S2. The van der Waals surface area contributed by atoms with Crippen LogP contribution in [0.15, 0.2) is 58.4 Å². The molecule has 4 aromatic rings. The summed E-state index contributed by atoms with van der Waals surface area (Å²) in [7, 11) is -3.51. The second kappa shape index (κ2) is 9.53. The van der Waals surface area contributed by atoms with E-state index in [1.165, 1.54) is 48.2 Å². The lowest BCUT2D eigenvalue weighted by molar-refractivity contribution is 0.103. The Kier molecular flexibility index (Phi) is 6.69. The van der Waals surface area contributed by atoms with E-state index in [2.05, 4.69) is 15.3 Å². The number of nitrogens with one attached hydrogen (secondary N) is 1. The van der Waals surface area contributed by atoms with E-state index in [0.29, 0.717) is 21.9 Å². The van der Waals surface area contributed by atoms with Crippen molar-refractivity contribution in [1.82, 2.24) is 9.97 Å². The van der Waals surface area contributed by atoms with Gasteiger partial charge in [0.15, 0.2) is 22.0 Å². The minimum atomic E-state index is -3.51. The molecule has 3 heterocycles. The van der Waals surface area contributed by atoms with Crippen molar-refractivity contribution in [3.63, 3.8) is 0 Å². The monoisotopic (exact) mass is 521 g/mol. The lowest BCUT2D eigenvalue weighted by Crippen LogP contribution is -2.11. The first-order valence-electron chi connectivity index (χ1n) is 9.68. The number of benzene rings is 1. The molecule has 0 aliphatic rings. The molecule has 0 aliphatic carbocycles. The van der Waals surface area contributed by atoms with Gasteiger partial charge in [-0.15, -0.1) is 11.3 Å². The number of carbonyl (C=O) groups is 1. The number of ether oxygens (including phenoxy) is 1. The van der Waals surface area contributed by atoms with E-state index in [0.717, 1.165) is 17.3 Å². The third-order valence-corrected chi connectivity index (χ3v) is 6.99. The second-order valence-corrected chi connectivity index (χ2v) is 10.9. The number of pyridine rings is 1. The Morgan fingerprint density at radius 3 is 2.74 bits per heavy atom. The van der Waals surface area contributed by atoms with Gasteiger partial charge in [-0.3, -0.25) is 4.79 Å². The quantitative estimate of drug-likeness (QED) is 0.358. The minimum absolute atomic E-state index is 0.0117. The van der Waals surface area contributed by atoms with Gasteiger partial charge < -0.3 is 14.5 Å². The van der Waals surface area contributed by atoms with Crippen LogP contribution in [0, 0.1) is 12.7 Å². The lowest BCUT2D eigenvalue weighted by Gasteiger charge is -2.09. The first kappa shape index (κ1) is 23.9. The van der Waals surface area contributed by atoms with Crippen LogP contribution >= 0.6 is 22.9 Å². The molecule has 0 bridgehead atoms. The van der Waals surface area contributed by atoms with Gasteiger partial charge in [0.1, 0.15) is 23.9 Å². The van der Waals surface area contributed by atoms with Crippen LogP contribution in [0.4, 0.5) is 10.1 Å². The van der Waals surface area contributed by atoms with Crippen LogP contribution in [0.2, 0.25) is 5.02 Å². The average molecular weight is 522 g/mol. The Hall–Kier alpha value is -3.28. The molecule has 1 aromatic carbocycles. The predicted molar refractivity (Wildman–Crippen MR) is 126 cm³/mol. The molecule has 0 saturated carbocycles. The van der Waals surface area contributed by atoms with Gasteiger partial charge in [-0.25, -0.2) is 22.8 Å². The van der Waals surface area contributed by atoms with Gasteiger partial charge in [0, 0.05) is 33.5 Å². The van der Waals surface area contributed by atoms with Crippen LogP contribution in [0.25, 0.3) is 11.3 Å². The molecular weight excluding hydrogens is 505 g/mol. The van der Waals surface area contributed by atoms with E-state index in [9.17, 15) is 17.6 Å². The molecule has 8 nitrogen and oxygen atoms in total. The van der Waals surface area contributed by atoms with Crippen molar-refractivity contribution in [2.45, 2.75) is 18.4 Å². The number of aryl methyl sites for hydroxylation is 1. The molecule has 0 radical (unpaired) electrons. The fourth-order valence-corrected chi connectivity index (χ4v) is 4.96. The Balaban J connectivity index is 1.61. The molecule has 1 N–H and O–H groups in total. The molecule has 0 saturated heterocycles. The third kappa shape index (κ3) is 5.44. The van der Waals surface area contributed by atoms with Crippen molar-refractivity contribution in [3.8, 4) is 17.0 Å². The van der Waals surface area contributed by atoms with Crippen LogP contribution < -0.4 is 10.1 Å². The van der Waals surface area contributed by atoms with Crippen molar-refractivity contribution in [1.29, 1.82) is 0 Å². The van der Waals surface area contributed by atoms with Crippen LogP contribution in [0.1, 0.15) is 20.3 Å². The number of amides is 1. The standard InChI is InChI=1S/C22H17ClFN3O5S2/c1-12-18(21-19(5-14(24)8-26-21)31-10-16-9-25-11-32-16)7-20(33-12)22(28)27-15-3-13(23)4-17(6-15)34(2,29)30/h3-9,11H,10H2,1-2H3,(H,27,28). The lowest BCUT2D eigenvalue weighted by atomic mass is 10.1. The van der Waals surface area contributed by atoms with Crippen molar-refractivity contribution in [2.24, 2.45) is 0 Å². The first-order valence-corrected chi connectivity index (χ1v) is 12.8. The summed E-state index contributed by atoms with van der Waals surface area (Å²) >= 11 is 7.21. The smallest absolute Gasteiger partial charge is 0.265 e. The molecule has 3 aromatic heterocycles. The van der Waals surface area contributed by atoms with E-state index in [-0.39, 0.29) is 28.0 Å². The number of anilines is 1. The molecule has 0 fully saturated rings. The molecule has 0 spiro atoms. The summed E-state index contributed by atoms with van der Waals surface area (Å²) in [5.41, 5.74) is 1.18. The summed E-state index contributed by atoms with van der Waals surface area (Å²) < 4.78 is 48.4. The molecule has 0 atom stereocenters. The summed E-state index contributed by atoms with van der Waals surface area (Å²) in [5, 5.41) is 2.83. The molecule has 4 rings (SSSR count). The summed E-state index contributed by atoms with van der Waals surface area (Å²) in [6.45, 7) is 1.81. The van der Waals surface area contributed by atoms with E-state index in [1.54, 1.807) is 13.0 Å². The Morgan fingerprint density at radius 2 is 2.03 bits per heavy atom. The maximum absolute atomic E-state index is 13.9. The summed E-state index contributed by atoms with van der Waals surface area (Å²) in [5.74, 6) is -0.415. The van der Waals surface area contributed by atoms with E-state index < -0.39 is 21.6 Å². The zero-order valence-electron chi connectivity index (χ0n) is 17.8. The number of carbonyl (C=O) groups excluding carboxylic acids is 1.